The highest BCUT2D eigenvalue weighted by Gasteiger charge is 2.08. The van der Waals surface area contributed by atoms with E-state index in [-0.39, 0.29) is 6.61 Å². The van der Waals surface area contributed by atoms with Gasteiger partial charge in [-0.2, -0.15) is 5.10 Å². The minimum absolute atomic E-state index is 0.219. The van der Waals surface area contributed by atoms with E-state index in [0.717, 1.165) is 16.7 Å². The maximum Gasteiger partial charge on any atom is 0.130 e. The Kier molecular flexibility index (Phi) is 5.65. The van der Waals surface area contributed by atoms with Crippen molar-refractivity contribution in [3.63, 3.8) is 0 Å². The Bertz CT molecular complexity index is 745. The van der Waals surface area contributed by atoms with Crippen molar-refractivity contribution in [2.24, 2.45) is 0 Å². The van der Waals surface area contributed by atoms with Crippen LogP contribution in [0.25, 0.3) is 10.9 Å². The number of nitrogens with one attached hydrogen (secondary N) is 2. The van der Waals surface area contributed by atoms with Gasteiger partial charge in [0, 0.05) is 13.1 Å². The van der Waals surface area contributed by atoms with Crippen LogP contribution in [0.2, 0.25) is 0 Å². The minimum atomic E-state index is -0.594. The first kappa shape index (κ1) is 16.3. The third-order valence-electron chi connectivity index (χ3n) is 3.55. The Morgan fingerprint density at radius 2 is 1.96 bits per heavy atom. The average molecular weight is 327 g/mol. The fraction of sp³-hybridized carbons (Fsp3) is 0.278. The summed E-state index contributed by atoms with van der Waals surface area (Å²) in [4.78, 5) is 0. The van der Waals surface area contributed by atoms with Crippen LogP contribution in [0, 0.1) is 0 Å². The SMILES string of the molecule is OC(CNCCOc1ccccc1)COc1cccc2[nH]ncc12. The number of ether oxygens (including phenoxy) is 2. The molecule has 3 N–H and O–H groups in total. The Balaban J connectivity index is 1.34. The van der Waals surface area contributed by atoms with Crippen LogP contribution in [0.15, 0.2) is 54.7 Å². The van der Waals surface area contributed by atoms with Crippen molar-refractivity contribution in [2.75, 3.05) is 26.3 Å². The predicted molar refractivity (Wildman–Crippen MR) is 92.4 cm³/mol. The summed E-state index contributed by atoms with van der Waals surface area (Å²) in [5.41, 5.74) is 0.915. The molecular weight excluding hydrogens is 306 g/mol. The van der Waals surface area contributed by atoms with E-state index in [9.17, 15) is 5.11 Å². The number of para-hydroxylation sites is 1. The second kappa shape index (κ2) is 8.33. The maximum absolute atomic E-state index is 10.00. The molecule has 0 aliphatic carbocycles. The summed E-state index contributed by atoms with van der Waals surface area (Å²) in [6.07, 6.45) is 1.12. The van der Waals surface area contributed by atoms with Crippen LogP contribution in [-0.4, -0.2) is 47.7 Å². The quantitative estimate of drug-likeness (QED) is 0.524. The second-order valence-electron chi connectivity index (χ2n) is 5.42. The normalized spacial score (nSPS) is 12.2. The molecule has 126 valence electrons. The van der Waals surface area contributed by atoms with Gasteiger partial charge in [0.05, 0.1) is 17.1 Å². The minimum Gasteiger partial charge on any atom is -0.492 e. The third-order valence-corrected chi connectivity index (χ3v) is 3.55. The second-order valence-corrected chi connectivity index (χ2v) is 5.42. The molecule has 0 radical (unpaired) electrons. The fourth-order valence-corrected chi connectivity index (χ4v) is 2.34. The van der Waals surface area contributed by atoms with E-state index in [1.54, 1.807) is 6.20 Å². The van der Waals surface area contributed by atoms with E-state index < -0.39 is 6.10 Å². The van der Waals surface area contributed by atoms with Gasteiger partial charge in [-0.1, -0.05) is 24.3 Å². The smallest absolute Gasteiger partial charge is 0.130 e. The van der Waals surface area contributed by atoms with Crippen molar-refractivity contribution in [3.05, 3.63) is 54.7 Å². The molecule has 6 nitrogen and oxygen atoms in total. The standard InChI is InChI=1S/C18H21N3O3/c22-14(11-19-9-10-23-15-5-2-1-3-6-15)13-24-18-8-4-7-17-16(18)12-20-21-17/h1-8,12,14,19,22H,9-11,13H2,(H,20,21). The molecule has 1 atom stereocenters. The molecule has 0 bridgehead atoms. The van der Waals surface area contributed by atoms with Gasteiger partial charge in [0.25, 0.3) is 0 Å². The molecule has 24 heavy (non-hydrogen) atoms. The first-order valence-corrected chi connectivity index (χ1v) is 7.94. The highest BCUT2D eigenvalue weighted by Crippen LogP contribution is 2.23. The van der Waals surface area contributed by atoms with E-state index in [2.05, 4.69) is 15.5 Å². The molecule has 0 spiro atoms. The van der Waals surface area contributed by atoms with Crippen molar-refractivity contribution in [1.82, 2.24) is 15.5 Å². The van der Waals surface area contributed by atoms with Crippen LogP contribution in [0.5, 0.6) is 11.5 Å². The summed E-state index contributed by atoms with van der Waals surface area (Å²) in [5, 5.41) is 20.9. The number of aliphatic hydroxyl groups is 1. The van der Waals surface area contributed by atoms with E-state index in [0.29, 0.717) is 25.4 Å². The molecule has 1 heterocycles. The van der Waals surface area contributed by atoms with Crippen molar-refractivity contribution in [2.45, 2.75) is 6.10 Å². The number of benzene rings is 2. The van der Waals surface area contributed by atoms with Gasteiger partial charge in [-0.05, 0) is 24.3 Å². The Morgan fingerprint density at radius 1 is 1.08 bits per heavy atom. The first-order valence-electron chi connectivity index (χ1n) is 7.94. The summed E-state index contributed by atoms with van der Waals surface area (Å²) in [6, 6.07) is 15.3. The fourth-order valence-electron chi connectivity index (χ4n) is 2.34. The molecule has 0 aliphatic heterocycles. The number of fused-ring (bicyclic) bond motifs is 1. The number of aromatic nitrogens is 2. The highest BCUT2D eigenvalue weighted by atomic mass is 16.5. The lowest BCUT2D eigenvalue weighted by molar-refractivity contribution is 0.106. The summed E-state index contributed by atoms with van der Waals surface area (Å²) in [6.45, 7) is 1.87. The van der Waals surface area contributed by atoms with Crippen LogP contribution < -0.4 is 14.8 Å². The van der Waals surface area contributed by atoms with Gasteiger partial charge in [0.2, 0.25) is 0 Å². The van der Waals surface area contributed by atoms with Crippen molar-refractivity contribution >= 4 is 10.9 Å². The molecular formula is C18H21N3O3. The number of hydrogen-bond acceptors (Lipinski definition) is 5. The lowest BCUT2D eigenvalue weighted by Crippen LogP contribution is -2.33. The number of hydrogen-bond donors (Lipinski definition) is 3. The zero-order chi connectivity index (χ0) is 16.6. The van der Waals surface area contributed by atoms with Crippen LogP contribution in [0.1, 0.15) is 0 Å². The van der Waals surface area contributed by atoms with Crippen molar-refractivity contribution in [3.8, 4) is 11.5 Å². The molecule has 0 fully saturated rings. The zero-order valence-electron chi connectivity index (χ0n) is 13.3. The van der Waals surface area contributed by atoms with Gasteiger partial charge >= 0.3 is 0 Å². The molecule has 3 aromatic rings. The predicted octanol–water partition coefficient (Wildman–Crippen LogP) is 1.97. The lowest BCUT2D eigenvalue weighted by Gasteiger charge is -2.14. The molecule has 0 saturated heterocycles. The van der Waals surface area contributed by atoms with Gasteiger partial charge in [0.15, 0.2) is 0 Å². The van der Waals surface area contributed by atoms with Crippen LogP contribution in [-0.2, 0) is 0 Å². The van der Waals surface area contributed by atoms with Gasteiger partial charge in [-0.3, -0.25) is 5.10 Å². The largest absolute Gasteiger partial charge is 0.492 e. The van der Waals surface area contributed by atoms with E-state index in [4.69, 9.17) is 9.47 Å². The van der Waals surface area contributed by atoms with E-state index in [1.165, 1.54) is 0 Å². The Hall–Kier alpha value is -2.57. The topological polar surface area (TPSA) is 79.4 Å². The number of nitrogens with zero attached hydrogens (tertiary/aromatic N) is 1. The summed E-state index contributed by atoms with van der Waals surface area (Å²) >= 11 is 0. The van der Waals surface area contributed by atoms with E-state index in [1.807, 2.05) is 48.5 Å². The van der Waals surface area contributed by atoms with Gasteiger partial charge in [-0.15, -0.1) is 0 Å². The number of rotatable bonds is 9. The number of aliphatic hydroxyl groups excluding tert-OH is 1. The van der Waals surface area contributed by atoms with Crippen LogP contribution >= 0.6 is 0 Å². The van der Waals surface area contributed by atoms with Gasteiger partial charge in [-0.25, -0.2) is 0 Å². The van der Waals surface area contributed by atoms with E-state index >= 15 is 0 Å². The molecule has 1 unspecified atom stereocenters. The Labute approximate surface area is 140 Å². The van der Waals surface area contributed by atoms with Crippen molar-refractivity contribution in [1.29, 1.82) is 0 Å². The van der Waals surface area contributed by atoms with Crippen LogP contribution in [0.4, 0.5) is 0 Å². The lowest BCUT2D eigenvalue weighted by atomic mass is 10.2. The summed E-state index contributed by atoms with van der Waals surface area (Å²) in [7, 11) is 0. The summed E-state index contributed by atoms with van der Waals surface area (Å²) < 4.78 is 11.3. The average Bonchev–Trinajstić information content (AvgIpc) is 3.10. The van der Waals surface area contributed by atoms with Gasteiger partial charge in [0.1, 0.15) is 30.8 Å². The maximum atomic E-state index is 10.00. The zero-order valence-corrected chi connectivity index (χ0v) is 13.3. The van der Waals surface area contributed by atoms with Gasteiger partial charge < -0.3 is 19.9 Å². The monoisotopic (exact) mass is 327 g/mol. The number of aromatic amines is 1. The molecule has 0 aliphatic rings. The molecule has 2 aromatic carbocycles. The molecule has 0 amide bonds. The molecule has 1 aromatic heterocycles. The number of H-pyrrole nitrogens is 1. The highest BCUT2D eigenvalue weighted by molar-refractivity contribution is 5.84. The molecule has 0 saturated carbocycles. The molecule has 6 heteroatoms. The van der Waals surface area contributed by atoms with Crippen LogP contribution in [0.3, 0.4) is 0 Å². The summed E-state index contributed by atoms with van der Waals surface area (Å²) in [5.74, 6) is 1.56. The Morgan fingerprint density at radius 3 is 2.83 bits per heavy atom. The third kappa shape index (κ3) is 4.47. The molecule has 3 rings (SSSR count). The first-order chi connectivity index (χ1) is 11.8. The van der Waals surface area contributed by atoms with Crippen molar-refractivity contribution < 1.29 is 14.6 Å².